The van der Waals surface area contributed by atoms with Crippen LogP contribution in [0.25, 0.3) is 0 Å². The van der Waals surface area contributed by atoms with Crippen molar-refractivity contribution in [1.29, 1.82) is 0 Å². The number of aliphatic hydroxyl groups is 1. The molecule has 0 heterocycles. The van der Waals surface area contributed by atoms with Crippen LogP contribution in [0.3, 0.4) is 0 Å². The predicted molar refractivity (Wildman–Crippen MR) is 112 cm³/mol. The Labute approximate surface area is 168 Å². The van der Waals surface area contributed by atoms with E-state index in [1.807, 2.05) is 30.3 Å². The van der Waals surface area contributed by atoms with E-state index >= 15 is 0 Å². The highest BCUT2D eigenvalue weighted by Gasteiger charge is 2.19. The summed E-state index contributed by atoms with van der Waals surface area (Å²) in [6.07, 6.45) is -0.799. The third-order valence-electron chi connectivity index (χ3n) is 4.72. The Morgan fingerprint density at radius 1 is 0.893 bits per heavy atom. The molecule has 2 atom stereocenters. The van der Waals surface area contributed by atoms with Crippen molar-refractivity contribution in [1.82, 2.24) is 4.90 Å². The predicted octanol–water partition coefficient (Wildman–Crippen LogP) is 3.06. The fourth-order valence-corrected chi connectivity index (χ4v) is 3.17. The Kier molecular flexibility index (Phi) is 10.2. The Hall–Kier alpha value is -1.76. The molecule has 0 saturated carbocycles. The molecule has 1 N–H and O–H groups in total. The molecule has 154 valence electrons. The third kappa shape index (κ3) is 7.34. The molecular weight excluding hydrogens is 354 g/mol. The van der Waals surface area contributed by atoms with Crippen molar-refractivity contribution in [3.8, 4) is 0 Å². The molecule has 0 spiro atoms. The Balaban J connectivity index is 2.03. The van der Waals surface area contributed by atoms with Crippen LogP contribution in [0, 0.1) is 6.92 Å². The first-order valence-electron chi connectivity index (χ1n) is 9.76. The molecule has 2 aromatic carbocycles. The van der Waals surface area contributed by atoms with Crippen molar-refractivity contribution in [2.75, 3.05) is 53.7 Å². The number of ether oxygens (including phenoxy) is 3. The van der Waals surface area contributed by atoms with E-state index in [-0.39, 0.29) is 12.7 Å². The van der Waals surface area contributed by atoms with E-state index in [2.05, 4.69) is 36.1 Å². The van der Waals surface area contributed by atoms with Gasteiger partial charge in [0.05, 0.1) is 25.9 Å². The van der Waals surface area contributed by atoms with Gasteiger partial charge in [-0.15, -0.1) is 0 Å². The van der Waals surface area contributed by atoms with Gasteiger partial charge in [0.1, 0.15) is 6.10 Å². The summed E-state index contributed by atoms with van der Waals surface area (Å²) in [5, 5.41) is 10.6. The van der Waals surface area contributed by atoms with Crippen LogP contribution in [0.1, 0.15) is 22.8 Å². The van der Waals surface area contributed by atoms with Crippen LogP contribution in [0.2, 0.25) is 0 Å². The number of methoxy groups -OCH3 is 2. The molecule has 0 fully saturated rings. The van der Waals surface area contributed by atoms with Gasteiger partial charge in [-0.05, 0) is 23.6 Å². The summed E-state index contributed by atoms with van der Waals surface area (Å²) >= 11 is 0. The molecule has 28 heavy (non-hydrogen) atoms. The molecule has 0 amide bonds. The van der Waals surface area contributed by atoms with Gasteiger partial charge in [0, 0.05) is 33.9 Å². The molecule has 0 bridgehead atoms. The zero-order valence-corrected chi connectivity index (χ0v) is 17.2. The normalized spacial score (nSPS) is 13.6. The largest absolute Gasteiger partial charge is 0.389 e. The number of hydrogen-bond acceptors (Lipinski definition) is 5. The molecular formula is C23H33NO4. The average Bonchev–Trinajstić information content (AvgIpc) is 2.72. The summed E-state index contributed by atoms with van der Waals surface area (Å²) in [7, 11) is 3.36. The molecule has 5 heteroatoms. The lowest BCUT2D eigenvalue weighted by molar-refractivity contribution is -0.0137. The molecule has 0 aliphatic carbocycles. The zero-order valence-electron chi connectivity index (χ0n) is 17.2. The van der Waals surface area contributed by atoms with E-state index in [0.717, 1.165) is 24.2 Å². The topological polar surface area (TPSA) is 51.2 Å². The van der Waals surface area contributed by atoms with Gasteiger partial charge in [-0.3, -0.25) is 4.90 Å². The van der Waals surface area contributed by atoms with Crippen molar-refractivity contribution in [2.45, 2.75) is 19.1 Å². The molecule has 0 radical (unpaired) electrons. The second-order valence-corrected chi connectivity index (χ2v) is 6.92. The fourth-order valence-electron chi connectivity index (χ4n) is 3.17. The number of hydrogen-bond donors (Lipinski definition) is 1. The maximum atomic E-state index is 10.6. The van der Waals surface area contributed by atoms with E-state index in [0.29, 0.717) is 19.8 Å². The summed E-state index contributed by atoms with van der Waals surface area (Å²) in [4.78, 5) is 2.13. The highest BCUT2D eigenvalue weighted by molar-refractivity contribution is 5.35. The standard InChI is InChI=1S/C23H33NO4/c1-19-9-7-8-12-22(19)23(20-10-5-4-6-11-20)28-18-21(25)17-24(13-15-26-2)14-16-27-3/h4-12,21,23,25H,13-18H2,1-3H3/t21-,23-/m1/s1. The van der Waals surface area contributed by atoms with Crippen LogP contribution in [-0.2, 0) is 14.2 Å². The minimum Gasteiger partial charge on any atom is -0.389 e. The average molecular weight is 388 g/mol. The molecule has 0 unspecified atom stereocenters. The maximum absolute atomic E-state index is 10.6. The van der Waals surface area contributed by atoms with Gasteiger partial charge in [-0.25, -0.2) is 0 Å². The summed E-state index contributed by atoms with van der Waals surface area (Å²) < 4.78 is 16.6. The number of aliphatic hydroxyl groups excluding tert-OH is 1. The van der Waals surface area contributed by atoms with Gasteiger partial charge >= 0.3 is 0 Å². The van der Waals surface area contributed by atoms with Crippen LogP contribution in [0.15, 0.2) is 54.6 Å². The maximum Gasteiger partial charge on any atom is 0.108 e. The number of benzene rings is 2. The van der Waals surface area contributed by atoms with Crippen molar-refractivity contribution < 1.29 is 19.3 Å². The smallest absolute Gasteiger partial charge is 0.108 e. The first-order chi connectivity index (χ1) is 13.7. The zero-order chi connectivity index (χ0) is 20.2. The van der Waals surface area contributed by atoms with Gasteiger partial charge < -0.3 is 19.3 Å². The Morgan fingerprint density at radius 2 is 1.50 bits per heavy atom. The van der Waals surface area contributed by atoms with Crippen LogP contribution in [-0.4, -0.2) is 69.8 Å². The second-order valence-electron chi connectivity index (χ2n) is 6.92. The van der Waals surface area contributed by atoms with Crippen molar-refractivity contribution in [3.05, 3.63) is 71.3 Å². The first-order valence-corrected chi connectivity index (χ1v) is 9.76. The summed E-state index contributed by atoms with van der Waals surface area (Å²) in [5.41, 5.74) is 3.38. The van der Waals surface area contributed by atoms with Gasteiger partial charge in [-0.2, -0.15) is 0 Å². The van der Waals surface area contributed by atoms with Crippen LogP contribution in [0.5, 0.6) is 0 Å². The Bertz CT molecular complexity index is 657. The van der Waals surface area contributed by atoms with Gasteiger partial charge in [0.15, 0.2) is 0 Å². The Morgan fingerprint density at radius 3 is 2.11 bits per heavy atom. The summed E-state index contributed by atoms with van der Waals surface area (Å²) in [5.74, 6) is 0. The monoisotopic (exact) mass is 387 g/mol. The van der Waals surface area contributed by atoms with Crippen LogP contribution < -0.4 is 0 Å². The highest BCUT2D eigenvalue weighted by atomic mass is 16.5. The second kappa shape index (κ2) is 12.6. The van der Waals surface area contributed by atoms with Crippen molar-refractivity contribution in [2.24, 2.45) is 0 Å². The van der Waals surface area contributed by atoms with Gasteiger partial charge in [0.2, 0.25) is 0 Å². The molecule has 2 rings (SSSR count). The summed E-state index contributed by atoms with van der Waals surface area (Å²) in [6.45, 7) is 5.59. The lowest BCUT2D eigenvalue weighted by atomic mass is 9.97. The van der Waals surface area contributed by atoms with Crippen LogP contribution in [0.4, 0.5) is 0 Å². The number of rotatable bonds is 13. The van der Waals surface area contributed by atoms with E-state index < -0.39 is 6.10 Å². The lowest BCUT2D eigenvalue weighted by Gasteiger charge is -2.26. The number of aryl methyl sites for hydroxylation is 1. The molecule has 0 aliphatic rings. The highest BCUT2D eigenvalue weighted by Crippen LogP contribution is 2.28. The SMILES string of the molecule is COCCN(CCOC)C[C@@H](O)CO[C@H](c1ccccc1)c1ccccc1C. The molecule has 0 aromatic heterocycles. The minimum atomic E-state index is -0.594. The molecule has 0 aliphatic heterocycles. The summed E-state index contributed by atoms with van der Waals surface area (Å²) in [6, 6.07) is 18.4. The quantitative estimate of drug-likeness (QED) is 0.572. The molecule has 5 nitrogen and oxygen atoms in total. The van der Waals surface area contributed by atoms with Crippen LogP contribution >= 0.6 is 0 Å². The molecule has 2 aromatic rings. The third-order valence-corrected chi connectivity index (χ3v) is 4.72. The van der Waals surface area contributed by atoms with E-state index in [4.69, 9.17) is 14.2 Å². The van der Waals surface area contributed by atoms with Gasteiger partial charge in [0.25, 0.3) is 0 Å². The fraction of sp³-hybridized carbons (Fsp3) is 0.478. The number of nitrogens with zero attached hydrogens (tertiary/aromatic N) is 1. The van der Waals surface area contributed by atoms with E-state index in [1.165, 1.54) is 5.56 Å². The van der Waals surface area contributed by atoms with Crippen molar-refractivity contribution >= 4 is 0 Å². The van der Waals surface area contributed by atoms with E-state index in [1.54, 1.807) is 14.2 Å². The first kappa shape index (κ1) is 22.5. The van der Waals surface area contributed by atoms with Crippen molar-refractivity contribution in [3.63, 3.8) is 0 Å². The lowest BCUT2D eigenvalue weighted by Crippen LogP contribution is -2.39. The minimum absolute atomic E-state index is 0.205. The molecule has 0 saturated heterocycles. The van der Waals surface area contributed by atoms with Gasteiger partial charge in [-0.1, -0.05) is 54.6 Å². The van der Waals surface area contributed by atoms with E-state index in [9.17, 15) is 5.11 Å².